The van der Waals surface area contributed by atoms with Gasteiger partial charge in [0.15, 0.2) is 0 Å². The lowest BCUT2D eigenvalue weighted by Crippen LogP contribution is -2.46. The first kappa shape index (κ1) is 16.2. The molecule has 0 radical (unpaired) electrons. The molecule has 2 N–H and O–H groups in total. The average Bonchev–Trinajstić information content (AvgIpc) is 2.58. The van der Waals surface area contributed by atoms with Crippen LogP contribution in [0.3, 0.4) is 0 Å². The van der Waals surface area contributed by atoms with E-state index in [4.69, 9.17) is 0 Å². The molecule has 0 aliphatic carbocycles. The molecule has 1 unspecified atom stereocenters. The molecule has 2 rings (SSSR count). The predicted octanol–water partition coefficient (Wildman–Crippen LogP) is 0.335. The lowest BCUT2D eigenvalue weighted by atomic mass is 9.97. The Morgan fingerprint density at radius 1 is 1.32 bits per heavy atom. The maximum absolute atomic E-state index is 12.2. The average molecular weight is 305 g/mol. The Morgan fingerprint density at radius 3 is 2.82 bits per heavy atom. The van der Waals surface area contributed by atoms with E-state index in [-0.39, 0.29) is 24.3 Å². The zero-order valence-electron chi connectivity index (χ0n) is 12.9. The van der Waals surface area contributed by atoms with E-state index in [1.165, 1.54) is 0 Å². The van der Waals surface area contributed by atoms with E-state index in [1.807, 2.05) is 11.8 Å². The number of nitrogens with one attached hydrogen (secondary N) is 2. The highest BCUT2D eigenvalue weighted by Crippen LogP contribution is 2.19. The highest BCUT2D eigenvalue weighted by molar-refractivity contribution is 5.86. The van der Waals surface area contributed by atoms with Gasteiger partial charge in [-0.25, -0.2) is 9.97 Å². The fourth-order valence-electron chi connectivity index (χ4n) is 2.47. The van der Waals surface area contributed by atoms with Crippen LogP contribution in [0.5, 0.6) is 0 Å². The number of aromatic nitrogens is 2. The normalized spacial score (nSPS) is 17.9. The number of nitrogens with zero attached hydrogens (tertiary/aromatic N) is 3. The smallest absolute Gasteiger partial charge is 0.239 e. The molecule has 1 atom stereocenters. The lowest BCUT2D eigenvalue weighted by molar-refractivity contribution is -0.128. The SMILES string of the molecule is CCCNC(=O)CNC(=O)C1CCCN(c2ncccn2)C1. The minimum Gasteiger partial charge on any atom is -0.355 e. The van der Waals surface area contributed by atoms with Gasteiger partial charge in [0, 0.05) is 32.0 Å². The summed E-state index contributed by atoms with van der Waals surface area (Å²) in [5.41, 5.74) is 0. The molecule has 120 valence electrons. The summed E-state index contributed by atoms with van der Waals surface area (Å²) < 4.78 is 0. The molecule has 1 aromatic heterocycles. The summed E-state index contributed by atoms with van der Waals surface area (Å²) in [5, 5.41) is 5.46. The van der Waals surface area contributed by atoms with Crippen molar-refractivity contribution in [2.24, 2.45) is 5.92 Å². The third kappa shape index (κ3) is 4.68. The maximum Gasteiger partial charge on any atom is 0.239 e. The molecule has 0 saturated carbocycles. The van der Waals surface area contributed by atoms with Crippen molar-refractivity contribution >= 4 is 17.8 Å². The Labute approximate surface area is 130 Å². The minimum atomic E-state index is -0.144. The fourth-order valence-corrected chi connectivity index (χ4v) is 2.47. The molecule has 1 fully saturated rings. The Morgan fingerprint density at radius 2 is 2.09 bits per heavy atom. The Kier molecular flexibility index (Phi) is 6.12. The monoisotopic (exact) mass is 305 g/mol. The van der Waals surface area contributed by atoms with Crippen LogP contribution in [0.2, 0.25) is 0 Å². The van der Waals surface area contributed by atoms with Crippen molar-refractivity contribution in [3.8, 4) is 0 Å². The Hall–Kier alpha value is -2.18. The van der Waals surface area contributed by atoms with Crippen LogP contribution < -0.4 is 15.5 Å². The van der Waals surface area contributed by atoms with Crippen LogP contribution in [-0.2, 0) is 9.59 Å². The largest absolute Gasteiger partial charge is 0.355 e. The summed E-state index contributed by atoms with van der Waals surface area (Å²) in [6, 6.07) is 1.77. The van der Waals surface area contributed by atoms with Gasteiger partial charge in [-0.15, -0.1) is 0 Å². The summed E-state index contributed by atoms with van der Waals surface area (Å²) >= 11 is 0. The summed E-state index contributed by atoms with van der Waals surface area (Å²) in [5.74, 6) is 0.304. The molecule has 0 spiro atoms. The molecule has 2 amide bonds. The molecular formula is C15H23N5O2. The quantitative estimate of drug-likeness (QED) is 0.791. The van der Waals surface area contributed by atoms with Crippen molar-refractivity contribution in [3.63, 3.8) is 0 Å². The summed E-state index contributed by atoms with van der Waals surface area (Å²) in [4.78, 5) is 34.2. The summed E-state index contributed by atoms with van der Waals surface area (Å²) in [7, 11) is 0. The lowest BCUT2D eigenvalue weighted by Gasteiger charge is -2.31. The third-order valence-electron chi connectivity index (χ3n) is 3.62. The number of hydrogen-bond acceptors (Lipinski definition) is 5. The number of carbonyl (C=O) groups excluding carboxylic acids is 2. The van der Waals surface area contributed by atoms with Gasteiger partial charge in [0.2, 0.25) is 17.8 Å². The number of piperidine rings is 1. The molecule has 0 aromatic carbocycles. The van der Waals surface area contributed by atoms with Crippen LogP contribution in [-0.4, -0.2) is 48.0 Å². The van der Waals surface area contributed by atoms with E-state index < -0.39 is 0 Å². The molecule has 22 heavy (non-hydrogen) atoms. The molecule has 1 aliphatic heterocycles. The zero-order valence-corrected chi connectivity index (χ0v) is 12.9. The van der Waals surface area contributed by atoms with Crippen molar-refractivity contribution in [1.29, 1.82) is 0 Å². The van der Waals surface area contributed by atoms with Gasteiger partial charge in [-0.3, -0.25) is 9.59 Å². The van der Waals surface area contributed by atoms with Crippen molar-refractivity contribution < 1.29 is 9.59 Å². The second-order valence-electron chi connectivity index (χ2n) is 5.40. The van der Waals surface area contributed by atoms with E-state index in [9.17, 15) is 9.59 Å². The summed E-state index contributed by atoms with van der Waals surface area (Å²) in [6.07, 6.45) is 6.02. The van der Waals surface area contributed by atoms with Crippen LogP contribution in [0.4, 0.5) is 5.95 Å². The predicted molar refractivity (Wildman–Crippen MR) is 83.3 cm³/mol. The number of anilines is 1. The first-order chi connectivity index (χ1) is 10.7. The Balaban J connectivity index is 1.81. The molecule has 1 aliphatic rings. The highest BCUT2D eigenvalue weighted by atomic mass is 16.2. The standard InChI is InChI=1S/C15H23N5O2/c1-2-6-16-13(21)10-19-14(22)12-5-3-9-20(11-12)15-17-7-4-8-18-15/h4,7-8,12H,2-3,5-6,9-11H2,1H3,(H,16,21)(H,19,22). The van der Waals surface area contributed by atoms with Crippen LogP contribution in [0.25, 0.3) is 0 Å². The molecule has 2 heterocycles. The molecule has 1 aromatic rings. The van der Waals surface area contributed by atoms with Gasteiger partial charge in [0.05, 0.1) is 12.5 Å². The Bertz CT molecular complexity index is 494. The molecule has 7 heteroatoms. The highest BCUT2D eigenvalue weighted by Gasteiger charge is 2.27. The van der Waals surface area contributed by atoms with Gasteiger partial charge < -0.3 is 15.5 Å². The molecular weight excluding hydrogens is 282 g/mol. The van der Waals surface area contributed by atoms with Crippen molar-refractivity contribution in [2.75, 3.05) is 31.1 Å². The van der Waals surface area contributed by atoms with Gasteiger partial charge in [0.1, 0.15) is 0 Å². The van der Waals surface area contributed by atoms with E-state index in [2.05, 4.69) is 20.6 Å². The van der Waals surface area contributed by atoms with Crippen LogP contribution in [0.15, 0.2) is 18.5 Å². The number of hydrogen-bond donors (Lipinski definition) is 2. The van der Waals surface area contributed by atoms with Crippen molar-refractivity contribution in [1.82, 2.24) is 20.6 Å². The minimum absolute atomic E-state index is 0.0389. The van der Waals surface area contributed by atoms with Gasteiger partial charge in [0.25, 0.3) is 0 Å². The fraction of sp³-hybridized carbons (Fsp3) is 0.600. The second kappa shape index (κ2) is 8.31. The number of amides is 2. The van der Waals surface area contributed by atoms with Gasteiger partial charge >= 0.3 is 0 Å². The van der Waals surface area contributed by atoms with Gasteiger partial charge in [-0.1, -0.05) is 6.92 Å². The van der Waals surface area contributed by atoms with Gasteiger partial charge in [-0.05, 0) is 25.3 Å². The second-order valence-corrected chi connectivity index (χ2v) is 5.40. The first-order valence-corrected chi connectivity index (χ1v) is 7.77. The maximum atomic E-state index is 12.2. The van der Waals surface area contributed by atoms with Crippen LogP contribution in [0.1, 0.15) is 26.2 Å². The van der Waals surface area contributed by atoms with E-state index >= 15 is 0 Å². The topological polar surface area (TPSA) is 87.2 Å². The van der Waals surface area contributed by atoms with Crippen molar-refractivity contribution in [2.45, 2.75) is 26.2 Å². The first-order valence-electron chi connectivity index (χ1n) is 7.77. The molecule has 1 saturated heterocycles. The molecule has 0 bridgehead atoms. The van der Waals surface area contributed by atoms with E-state index in [1.54, 1.807) is 18.5 Å². The number of rotatable bonds is 6. The summed E-state index contributed by atoms with van der Waals surface area (Å²) in [6.45, 7) is 4.10. The zero-order chi connectivity index (χ0) is 15.8. The third-order valence-corrected chi connectivity index (χ3v) is 3.62. The van der Waals surface area contributed by atoms with Crippen molar-refractivity contribution in [3.05, 3.63) is 18.5 Å². The number of carbonyl (C=O) groups is 2. The van der Waals surface area contributed by atoms with Crippen LogP contribution >= 0.6 is 0 Å². The van der Waals surface area contributed by atoms with Gasteiger partial charge in [-0.2, -0.15) is 0 Å². The van der Waals surface area contributed by atoms with E-state index in [0.717, 1.165) is 25.8 Å². The van der Waals surface area contributed by atoms with Crippen LogP contribution in [0, 0.1) is 5.92 Å². The molecule has 7 nitrogen and oxygen atoms in total. The van der Waals surface area contributed by atoms with E-state index in [0.29, 0.717) is 19.0 Å².